The van der Waals surface area contributed by atoms with Gasteiger partial charge in [0.1, 0.15) is 18.1 Å². The molecular formula is C19H32N6O5S2. The molecule has 7 N–H and O–H groups in total. The van der Waals surface area contributed by atoms with Crippen LogP contribution in [-0.2, 0) is 25.6 Å². The quantitative estimate of drug-likeness (QED) is 0.166. The monoisotopic (exact) mass is 488 g/mol. The van der Waals surface area contributed by atoms with E-state index in [1.54, 1.807) is 13.8 Å². The minimum absolute atomic E-state index is 0.0569. The molecule has 1 rings (SSSR count). The number of H-pyrrole nitrogens is 1. The molecule has 11 nitrogen and oxygen atoms in total. The Morgan fingerprint density at radius 2 is 1.81 bits per heavy atom. The molecule has 3 amide bonds. The largest absolute Gasteiger partial charge is 0.480 e. The highest BCUT2D eigenvalue weighted by Gasteiger charge is 2.31. The van der Waals surface area contributed by atoms with E-state index in [-0.39, 0.29) is 24.5 Å². The zero-order valence-electron chi connectivity index (χ0n) is 18.3. The number of carbonyl (C=O) groups is 4. The average Bonchev–Trinajstić information content (AvgIpc) is 3.25. The van der Waals surface area contributed by atoms with Gasteiger partial charge >= 0.3 is 5.97 Å². The van der Waals surface area contributed by atoms with E-state index in [4.69, 9.17) is 5.73 Å². The zero-order valence-corrected chi connectivity index (χ0v) is 20.0. The normalized spacial score (nSPS) is 14.8. The second-order valence-electron chi connectivity index (χ2n) is 7.54. The molecule has 0 radical (unpaired) electrons. The van der Waals surface area contributed by atoms with Crippen LogP contribution in [-0.4, -0.2) is 80.7 Å². The molecule has 0 aliphatic rings. The van der Waals surface area contributed by atoms with Crippen LogP contribution in [0.3, 0.4) is 0 Å². The summed E-state index contributed by atoms with van der Waals surface area (Å²) in [5.74, 6) is -2.58. The van der Waals surface area contributed by atoms with Gasteiger partial charge < -0.3 is 31.8 Å². The Bertz CT molecular complexity index is 761. The van der Waals surface area contributed by atoms with Crippen molar-refractivity contribution in [1.82, 2.24) is 25.9 Å². The molecule has 0 fully saturated rings. The molecule has 4 atom stereocenters. The van der Waals surface area contributed by atoms with Crippen LogP contribution in [0.5, 0.6) is 0 Å². The maximum absolute atomic E-state index is 13.0. The van der Waals surface area contributed by atoms with Gasteiger partial charge in [-0.3, -0.25) is 14.4 Å². The third-order valence-corrected chi connectivity index (χ3v) is 5.65. The molecule has 0 bridgehead atoms. The summed E-state index contributed by atoms with van der Waals surface area (Å²) in [6, 6.07) is -4.01. The fourth-order valence-corrected chi connectivity index (χ4v) is 3.37. The topological polar surface area (TPSA) is 179 Å². The lowest BCUT2D eigenvalue weighted by Gasteiger charge is -2.26. The number of nitrogens with one attached hydrogen (secondary N) is 4. The number of aromatic nitrogens is 2. The highest BCUT2D eigenvalue weighted by Crippen LogP contribution is 2.07. The molecular weight excluding hydrogens is 456 g/mol. The summed E-state index contributed by atoms with van der Waals surface area (Å²) < 4.78 is 0. The first-order valence-electron chi connectivity index (χ1n) is 10.1. The summed E-state index contributed by atoms with van der Waals surface area (Å²) in [4.78, 5) is 56.3. The first kappa shape index (κ1) is 27.8. The fourth-order valence-electron chi connectivity index (χ4n) is 2.73. The molecule has 0 aliphatic carbocycles. The van der Waals surface area contributed by atoms with Crippen molar-refractivity contribution in [1.29, 1.82) is 0 Å². The highest BCUT2D eigenvalue weighted by atomic mass is 32.2. The Morgan fingerprint density at radius 1 is 1.16 bits per heavy atom. The number of rotatable bonds is 14. The van der Waals surface area contributed by atoms with Gasteiger partial charge in [0, 0.05) is 24.1 Å². The Kier molecular flexibility index (Phi) is 12.2. The maximum atomic E-state index is 13.0. The number of aromatic amines is 1. The third kappa shape index (κ3) is 9.09. The van der Waals surface area contributed by atoms with E-state index in [9.17, 15) is 24.3 Å². The molecule has 1 aromatic heterocycles. The van der Waals surface area contributed by atoms with Crippen molar-refractivity contribution in [3.05, 3.63) is 18.2 Å². The van der Waals surface area contributed by atoms with Crippen LogP contribution in [0.2, 0.25) is 0 Å². The van der Waals surface area contributed by atoms with Gasteiger partial charge in [-0.25, -0.2) is 9.78 Å². The van der Waals surface area contributed by atoms with Gasteiger partial charge in [0.25, 0.3) is 0 Å². The zero-order chi connectivity index (χ0) is 24.3. The second-order valence-corrected chi connectivity index (χ2v) is 8.89. The summed E-state index contributed by atoms with van der Waals surface area (Å²) in [5.41, 5.74) is 6.25. The molecule has 4 unspecified atom stereocenters. The van der Waals surface area contributed by atoms with E-state index in [1.807, 2.05) is 6.26 Å². The van der Waals surface area contributed by atoms with E-state index < -0.39 is 47.9 Å². The van der Waals surface area contributed by atoms with Gasteiger partial charge in [-0.1, -0.05) is 13.8 Å². The lowest BCUT2D eigenvalue weighted by Crippen LogP contribution is -2.59. The molecule has 0 aromatic carbocycles. The van der Waals surface area contributed by atoms with Crippen LogP contribution < -0.4 is 21.7 Å². The number of carboxylic acids is 1. The van der Waals surface area contributed by atoms with Crippen molar-refractivity contribution in [2.45, 2.75) is 50.9 Å². The summed E-state index contributed by atoms with van der Waals surface area (Å²) >= 11 is 5.45. The number of imidazole rings is 1. The molecule has 0 saturated carbocycles. The Morgan fingerprint density at radius 3 is 2.31 bits per heavy atom. The summed E-state index contributed by atoms with van der Waals surface area (Å²) in [6.45, 7) is 3.48. The number of thiol groups is 1. The Labute approximate surface area is 196 Å². The van der Waals surface area contributed by atoms with E-state index in [0.717, 1.165) is 0 Å². The third-order valence-electron chi connectivity index (χ3n) is 4.62. The van der Waals surface area contributed by atoms with Crippen molar-refractivity contribution in [3.8, 4) is 0 Å². The van der Waals surface area contributed by atoms with Crippen LogP contribution in [0.25, 0.3) is 0 Å². The fraction of sp³-hybridized carbons (Fsp3) is 0.632. The van der Waals surface area contributed by atoms with E-state index in [2.05, 4.69) is 38.5 Å². The lowest BCUT2D eigenvalue weighted by atomic mass is 10.0. The van der Waals surface area contributed by atoms with Crippen LogP contribution in [0.15, 0.2) is 12.5 Å². The molecule has 180 valence electrons. The number of aliphatic carboxylic acids is 1. The van der Waals surface area contributed by atoms with Crippen LogP contribution in [0.1, 0.15) is 26.0 Å². The summed E-state index contributed by atoms with van der Waals surface area (Å²) in [5, 5.41) is 17.1. The van der Waals surface area contributed by atoms with Crippen molar-refractivity contribution in [3.63, 3.8) is 0 Å². The van der Waals surface area contributed by atoms with Crippen molar-refractivity contribution in [2.75, 3.05) is 17.8 Å². The van der Waals surface area contributed by atoms with Gasteiger partial charge in [0.05, 0.1) is 12.4 Å². The molecule has 13 heteroatoms. The van der Waals surface area contributed by atoms with Crippen molar-refractivity contribution < 1.29 is 24.3 Å². The molecule has 0 aliphatic heterocycles. The SMILES string of the molecule is CSCCC(NC(=O)C(Cc1cnc[nH]1)NC(=O)C(NC(=O)C(N)CS)C(C)C)C(=O)O. The molecule has 0 spiro atoms. The number of amides is 3. The minimum Gasteiger partial charge on any atom is -0.480 e. The van der Waals surface area contributed by atoms with Gasteiger partial charge in [-0.2, -0.15) is 24.4 Å². The molecule has 32 heavy (non-hydrogen) atoms. The molecule has 1 heterocycles. The van der Waals surface area contributed by atoms with Crippen LogP contribution >= 0.6 is 24.4 Å². The number of nitrogens with two attached hydrogens (primary N) is 1. The number of carboxylic acid groups (broad SMARTS) is 1. The van der Waals surface area contributed by atoms with E-state index in [1.165, 1.54) is 24.3 Å². The number of hydrogen-bond donors (Lipinski definition) is 7. The van der Waals surface area contributed by atoms with Crippen molar-refractivity contribution >= 4 is 48.1 Å². The second kappa shape index (κ2) is 14.0. The van der Waals surface area contributed by atoms with E-state index >= 15 is 0 Å². The van der Waals surface area contributed by atoms with Crippen LogP contribution in [0, 0.1) is 5.92 Å². The summed E-state index contributed by atoms with van der Waals surface area (Å²) in [7, 11) is 0. The summed E-state index contributed by atoms with van der Waals surface area (Å²) in [6.07, 6.45) is 5.06. The maximum Gasteiger partial charge on any atom is 0.326 e. The minimum atomic E-state index is -1.16. The first-order valence-corrected chi connectivity index (χ1v) is 12.1. The van der Waals surface area contributed by atoms with Gasteiger partial charge in [0.15, 0.2) is 0 Å². The number of thioether (sulfide) groups is 1. The predicted molar refractivity (Wildman–Crippen MR) is 125 cm³/mol. The molecule has 1 aromatic rings. The standard InChI is InChI=1S/C19H32N6O5S2/c1-10(2)15(25-16(26)12(20)8-31)18(28)24-14(6-11-7-21-9-22-11)17(27)23-13(19(29)30)4-5-32-3/h7,9-10,12-15,31H,4-6,8,20H2,1-3H3,(H,21,22)(H,23,27)(H,24,28)(H,25,26)(H,29,30). The Balaban J connectivity index is 3.01. The number of hydrogen-bond acceptors (Lipinski definition) is 8. The lowest BCUT2D eigenvalue weighted by molar-refractivity contribution is -0.142. The molecule has 0 saturated heterocycles. The van der Waals surface area contributed by atoms with Gasteiger partial charge in [-0.05, 0) is 24.3 Å². The highest BCUT2D eigenvalue weighted by molar-refractivity contribution is 7.98. The van der Waals surface area contributed by atoms with Gasteiger partial charge in [0.2, 0.25) is 17.7 Å². The number of carbonyl (C=O) groups excluding carboxylic acids is 3. The average molecular weight is 489 g/mol. The van der Waals surface area contributed by atoms with Gasteiger partial charge in [-0.15, -0.1) is 0 Å². The van der Waals surface area contributed by atoms with E-state index in [0.29, 0.717) is 11.4 Å². The number of nitrogens with zero attached hydrogens (tertiary/aromatic N) is 1. The predicted octanol–water partition coefficient (Wildman–Crippen LogP) is -0.843. The van der Waals surface area contributed by atoms with Crippen molar-refractivity contribution in [2.24, 2.45) is 11.7 Å². The smallest absolute Gasteiger partial charge is 0.326 e. The Hall–Kier alpha value is -2.25. The van der Waals surface area contributed by atoms with Crippen LogP contribution in [0.4, 0.5) is 0 Å². The first-order chi connectivity index (χ1) is 15.1.